The monoisotopic (exact) mass is 320 g/mol. The van der Waals surface area contributed by atoms with Crippen molar-refractivity contribution >= 4 is 52.5 Å². The minimum atomic E-state index is -1.02. The molecule has 1 aromatic carbocycles. The number of benzene rings is 1. The second kappa shape index (κ2) is 5.48. The van der Waals surface area contributed by atoms with E-state index in [0.717, 1.165) is 0 Å². The van der Waals surface area contributed by atoms with Crippen LogP contribution in [0.1, 0.15) is 10.4 Å². The number of halogens is 2. The van der Waals surface area contributed by atoms with Gasteiger partial charge in [-0.3, -0.25) is 4.79 Å². The average Bonchev–Trinajstić information content (AvgIpc) is 2.83. The first kappa shape index (κ1) is 14.3. The Hall–Kier alpha value is -1.11. The van der Waals surface area contributed by atoms with E-state index in [2.05, 4.69) is 0 Å². The van der Waals surface area contributed by atoms with Gasteiger partial charge in [-0.25, -0.2) is 4.79 Å². The van der Waals surface area contributed by atoms with Crippen LogP contribution in [0.3, 0.4) is 0 Å². The lowest BCUT2D eigenvalue weighted by atomic mass is 10.1. The summed E-state index contributed by atoms with van der Waals surface area (Å²) in [6, 6.07) is 1.97. The minimum absolute atomic E-state index is 0.176. The van der Waals surface area contributed by atoms with Crippen molar-refractivity contribution in [1.82, 2.24) is 4.90 Å². The number of amides is 1. The van der Waals surface area contributed by atoms with Gasteiger partial charge in [0.05, 0.1) is 21.6 Å². The Balaban J connectivity index is 2.32. The fraction of sp³-hybridized carbons (Fsp3) is 0.273. The van der Waals surface area contributed by atoms with Gasteiger partial charge in [-0.15, -0.1) is 11.8 Å². The second-order valence-corrected chi connectivity index (χ2v) is 5.80. The highest BCUT2D eigenvalue weighted by molar-refractivity contribution is 7.99. The molecule has 1 saturated heterocycles. The normalized spacial score (nSPS) is 18.6. The summed E-state index contributed by atoms with van der Waals surface area (Å²) in [6.45, 7) is 0. The number of nitrogens with zero attached hydrogens (tertiary/aromatic N) is 1. The van der Waals surface area contributed by atoms with Crippen molar-refractivity contribution in [3.63, 3.8) is 0 Å². The van der Waals surface area contributed by atoms with Crippen LogP contribution in [0.15, 0.2) is 12.1 Å². The number of carbonyl (C=O) groups is 2. The maximum absolute atomic E-state index is 12.3. The number of rotatable bonds is 2. The Morgan fingerprint density at radius 2 is 1.95 bits per heavy atom. The SMILES string of the molecule is Nc1c(Cl)cc(C(=O)N2CSCC2C(=O)O)cc1Cl. The molecule has 1 atom stereocenters. The Bertz CT molecular complexity index is 530. The molecule has 0 aromatic heterocycles. The van der Waals surface area contributed by atoms with Crippen molar-refractivity contribution in [2.75, 3.05) is 17.4 Å². The van der Waals surface area contributed by atoms with Gasteiger partial charge in [0, 0.05) is 11.3 Å². The molecule has 0 radical (unpaired) electrons. The number of carboxylic acids is 1. The maximum atomic E-state index is 12.3. The molecular weight excluding hydrogens is 311 g/mol. The molecule has 19 heavy (non-hydrogen) atoms. The molecule has 3 N–H and O–H groups in total. The van der Waals surface area contributed by atoms with Gasteiger partial charge in [0.25, 0.3) is 5.91 Å². The molecule has 1 amide bonds. The van der Waals surface area contributed by atoms with Gasteiger partial charge in [-0.1, -0.05) is 23.2 Å². The first-order valence-corrected chi connectivity index (χ1v) is 7.19. The van der Waals surface area contributed by atoms with Crippen LogP contribution in [0, 0.1) is 0 Å². The van der Waals surface area contributed by atoms with E-state index in [9.17, 15) is 9.59 Å². The van der Waals surface area contributed by atoms with Crippen molar-refractivity contribution in [2.45, 2.75) is 6.04 Å². The third-order valence-corrected chi connectivity index (χ3v) is 4.39. The van der Waals surface area contributed by atoms with Crippen molar-refractivity contribution in [1.29, 1.82) is 0 Å². The van der Waals surface area contributed by atoms with Crippen LogP contribution >= 0.6 is 35.0 Å². The third-order valence-electron chi connectivity index (χ3n) is 2.75. The molecular formula is C11H10Cl2N2O3S. The Labute approximate surface area is 123 Å². The predicted octanol–water partition coefficient (Wildman–Crippen LogP) is 2.18. The van der Waals surface area contributed by atoms with Crippen LogP contribution in [0.4, 0.5) is 5.69 Å². The van der Waals surface area contributed by atoms with Crippen LogP contribution in [0.2, 0.25) is 10.0 Å². The quantitative estimate of drug-likeness (QED) is 0.816. The van der Waals surface area contributed by atoms with E-state index in [-0.39, 0.29) is 21.3 Å². The van der Waals surface area contributed by atoms with E-state index in [1.54, 1.807) is 0 Å². The summed E-state index contributed by atoms with van der Waals surface area (Å²) in [5, 5.41) is 9.40. The second-order valence-electron chi connectivity index (χ2n) is 3.98. The molecule has 1 aromatic rings. The molecule has 0 spiro atoms. The molecule has 5 nitrogen and oxygen atoms in total. The number of aliphatic carboxylic acids is 1. The molecule has 0 saturated carbocycles. The Morgan fingerprint density at radius 3 is 2.47 bits per heavy atom. The predicted molar refractivity (Wildman–Crippen MR) is 75.8 cm³/mol. The lowest BCUT2D eigenvalue weighted by Gasteiger charge is -2.20. The van der Waals surface area contributed by atoms with Crippen LogP contribution in [-0.4, -0.2) is 39.6 Å². The zero-order valence-electron chi connectivity index (χ0n) is 9.60. The standard InChI is InChI=1S/C11H10Cl2N2O3S/c12-6-1-5(2-7(13)9(6)14)10(16)15-4-19-3-8(15)11(17)18/h1-2,8H,3-4,14H2,(H,17,18). The number of carboxylic acid groups (broad SMARTS) is 1. The van der Waals surface area contributed by atoms with Gasteiger partial charge in [0.2, 0.25) is 0 Å². The highest BCUT2D eigenvalue weighted by atomic mass is 35.5. The van der Waals surface area contributed by atoms with Gasteiger partial charge >= 0.3 is 5.97 Å². The van der Waals surface area contributed by atoms with E-state index < -0.39 is 17.9 Å². The summed E-state index contributed by atoms with van der Waals surface area (Å²) < 4.78 is 0. The van der Waals surface area contributed by atoms with Crippen LogP contribution < -0.4 is 5.73 Å². The van der Waals surface area contributed by atoms with Gasteiger partial charge in [0.15, 0.2) is 0 Å². The first-order valence-electron chi connectivity index (χ1n) is 5.28. The number of nitrogen functional groups attached to an aromatic ring is 1. The number of hydrogen-bond donors (Lipinski definition) is 2. The van der Waals surface area contributed by atoms with Crippen LogP contribution in [0.25, 0.3) is 0 Å². The molecule has 102 valence electrons. The maximum Gasteiger partial charge on any atom is 0.327 e. The first-order chi connectivity index (χ1) is 8.91. The largest absolute Gasteiger partial charge is 0.480 e. The summed E-state index contributed by atoms with van der Waals surface area (Å²) in [6.07, 6.45) is 0. The van der Waals surface area contributed by atoms with Crippen molar-refractivity contribution < 1.29 is 14.7 Å². The average molecular weight is 321 g/mol. The molecule has 0 aliphatic carbocycles. The van der Waals surface area contributed by atoms with E-state index >= 15 is 0 Å². The fourth-order valence-corrected chi connectivity index (χ4v) is 3.35. The highest BCUT2D eigenvalue weighted by Gasteiger charge is 2.35. The summed E-state index contributed by atoms with van der Waals surface area (Å²) in [7, 11) is 0. The summed E-state index contributed by atoms with van der Waals surface area (Å²) in [5.74, 6) is -0.736. The van der Waals surface area contributed by atoms with E-state index in [1.807, 2.05) is 0 Å². The number of carbonyl (C=O) groups excluding carboxylic acids is 1. The van der Waals surface area contributed by atoms with Crippen molar-refractivity contribution in [2.24, 2.45) is 0 Å². The van der Waals surface area contributed by atoms with Crippen molar-refractivity contribution in [3.8, 4) is 0 Å². The molecule has 8 heteroatoms. The Kier molecular flexibility index (Phi) is 4.13. The molecule has 1 aliphatic rings. The zero-order valence-corrected chi connectivity index (χ0v) is 11.9. The molecule has 1 fully saturated rings. The molecule has 1 unspecified atom stereocenters. The van der Waals surface area contributed by atoms with E-state index in [1.165, 1.54) is 28.8 Å². The summed E-state index contributed by atoms with van der Waals surface area (Å²) in [5.41, 5.74) is 6.03. The zero-order chi connectivity index (χ0) is 14.2. The number of hydrogen-bond acceptors (Lipinski definition) is 4. The highest BCUT2D eigenvalue weighted by Crippen LogP contribution is 2.31. The number of nitrogens with two attached hydrogens (primary N) is 1. The van der Waals surface area contributed by atoms with Gasteiger partial charge < -0.3 is 15.7 Å². The fourth-order valence-electron chi connectivity index (χ4n) is 1.72. The molecule has 1 heterocycles. The van der Waals surface area contributed by atoms with Gasteiger partial charge in [-0.2, -0.15) is 0 Å². The Morgan fingerprint density at radius 1 is 1.37 bits per heavy atom. The van der Waals surface area contributed by atoms with Crippen molar-refractivity contribution in [3.05, 3.63) is 27.7 Å². The van der Waals surface area contributed by atoms with Crippen LogP contribution in [0.5, 0.6) is 0 Å². The van der Waals surface area contributed by atoms with Crippen LogP contribution in [-0.2, 0) is 4.79 Å². The third kappa shape index (κ3) is 2.75. The smallest absolute Gasteiger partial charge is 0.327 e. The molecule has 0 bridgehead atoms. The minimum Gasteiger partial charge on any atom is -0.480 e. The summed E-state index contributed by atoms with van der Waals surface area (Å²) in [4.78, 5) is 24.6. The lowest BCUT2D eigenvalue weighted by molar-refractivity contribution is -0.140. The number of anilines is 1. The topological polar surface area (TPSA) is 83.6 Å². The van der Waals surface area contributed by atoms with Gasteiger partial charge in [0.1, 0.15) is 6.04 Å². The van der Waals surface area contributed by atoms with E-state index in [4.69, 9.17) is 34.0 Å². The molecule has 2 rings (SSSR count). The lowest BCUT2D eigenvalue weighted by Crippen LogP contribution is -2.41. The van der Waals surface area contributed by atoms with E-state index in [0.29, 0.717) is 11.6 Å². The summed E-state index contributed by atoms with van der Waals surface area (Å²) >= 11 is 13.1. The molecule has 1 aliphatic heterocycles. The number of thioether (sulfide) groups is 1. The van der Waals surface area contributed by atoms with Gasteiger partial charge in [-0.05, 0) is 12.1 Å².